The summed E-state index contributed by atoms with van der Waals surface area (Å²) in [7, 11) is 0. The number of aliphatic hydroxyl groups is 1. The molecule has 3 rings (SSSR count). The van der Waals surface area contributed by atoms with Crippen molar-refractivity contribution in [3.63, 3.8) is 0 Å². The van der Waals surface area contributed by atoms with E-state index >= 15 is 0 Å². The Kier molecular flexibility index (Phi) is 6.31. The van der Waals surface area contributed by atoms with E-state index in [2.05, 4.69) is 6.92 Å². The maximum Gasteiger partial charge on any atom is 0.263 e. The van der Waals surface area contributed by atoms with E-state index in [4.69, 9.17) is 23.2 Å². The average Bonchev–Trinajstić information content (AvgIpc) is 3.10. The van der Waals surface area contributed by atoms with Crippen LogP contribution in [0, 0.1) is 0 Å². The average molecular weight is 441 g/mol. The van der Waals surface area contributed by atoms with E-state index < -0.39 is 34.9 Å². The standard InChI is InChI=1S/C20H22Cl2N2O5/c1-3-5-6-7-8-23-17(26)11-12(18(23)27)16(22)14-13(15(11)21)19(28)24(20(14)29)10(4-2)9-25/h10,25H,3-9H2,1-2H3. The largest absolute Gasteiger partial charge is 0.394 e. The van der Waals surface area contributed by atoms with Crippen LogP contribution in [0.3, 0.4) is 0 Å². The van der Waals surface area contributed by atoms with Gasteiger partial charge in [0.05, 0.1) is 44.2 Å². The molecule has 156 valence electrons. The molecule has 0 aliphatic heterocycles. The Hall–Kier alpha value is -1.96. The number of unbranched alkanes of at least 4 members (excludes halogenated alkanes) is 3. The molecule has 1 N–H and O–H groups in total. The van der Waals surface area contributed by atoms with Gasteiger partial charge in [-0.3, -0.25) is 28.3 Å². The molecule has 3 aromatic rings. The van der Waals surface area contributed by atoms with Crippen molar-refractivity contribution in [1.82, 2.24) is 9.13 Å². The van der Waals surface area contributed by atoms with Gasteiger partial charge < -0.3 is 5.11 Å². The molecule has 29 heavy (non-hydrogen) atoms. The molecule has 0 fully saturated rings. The normalized spacial score (nSPS) is 13.0. The second-order valence-electron chi connectivity index (χ2n) is 7.18. The number of nitrogens with zero attached hydrogens (tertiary/aromatic N) is 2. The maximum atomic E-state index is 12.9. The Labute approximate surface area is 175 Å². The first-order valence-electron chi connectivity index (χ1n) is 9.71. The summed E-state index contributed by atoms with van der Waals surface area (Å²) in [5.74, 6) is 0. The third-order valence-corrected chi connectivity index (χ3v) is 6.20. The molecule has 1 atom stereocenters. The van der Waals surface area contributed by atoms with E-state index in [9.17, 15) is 24.3 Å². The van der Waals surface area contributed by atoms with Crippen LogP contribution in [0.15, 0.2) is 19.2 Å². The number of aliphatic hydroxyl groups excluding tert-OH is 1. The molecule has 9 heteroatoms. The van der Waals surface area contributed by atoms with Gasteiger partial charge in [0.15, 0.2) is 0 Å². The number of fused-ring (bicyclic) bond motifs is 2. The summed E-state index contributed by atoms with van der Waals surface area (Å²) in [6, 6.07) is -0.745. The van der Waals surface area contributed by atoms with E-state index in [0.717, 1.165) is 28.4 Å². The summed E-state index contributed by atoms with van der Waals surface area (Å²) in [5.41, 5.74) is -2.65. The predicted molar refractivity (Wildman–Crippen MR) is 115 cm³/mol. The van der Waals surface area contributed by atoms with E-state index in [1.165, 1.54) is 0 Å². The zero-order valence-electron chi connectivity index (χ0n) is 16.3. The smallest absolute Gasteiger partial charge is 0.263 e. The van der Waals surface area contributed by atoms with Crippen LogP contribution >= 0.6 is 23.2 Å². The van der Waals surface area contributed by atoms with Crippen molar-refractivity contribution >= 4 is 44.7 Å². The summed E-state index contributed by atoms with van der Waals surface area (Å²) < 4.78 is 1.97. The topological polar surface area (TPSA) is 98.4 Å². The Morgan fingerprint density at radius 2 is 1.28 bits per heavy atom. The van der Waals surface area contributed by atoms with Crippen molar-refractivity contribution in [3.8, 4) is 0 Å². The molecular weight excluding hydrogens is 419 g/mol. The molecule has 0 aliphatic rings. The predicted octanol–water partition coefficient (Wildman–Crippen LogP) is 2.74. The van der Waals surface area contributed by atoms with E-state index in [1.807, 2.05) is 0 Å². The fourth-order valence-electron chi connectivity index (χ4n) is 3.81. The van der Waals surface area contributed by atoms with Gasteiger partial charge in [-0.25, -0.2) is 0 Å². The number of benzene rings is 1. The third-order valence-electron chi connectivity index (χ3n) is 5.44. The molecule has 2 aromatic heterocycles. The lowest BCUT2D eigenvalue weighted by molar-refractivity contribution is 0.220. The number of aromatic nitrogens is 2. The first kappa shape index (κ1) is 21.7. The highest BCUT2D eigenvalue weighted by atomic mass is 35.5. The SMILES string of the molecule is CCCCCCn1c(=O)c2c(Cl)c3c(=O)n(C(CC)CO)c(=O)c3c(Cl)c2c1=O. The lowest BCUT2D eigenvalue weighted by Crippen LogP contribution is -2.31. The van der Waals surface area contributed by atoms with Crippen LogP contribution in [0.25, 0.3) is 21.5 Å². The van der Waals surface area contributed by atoms with Gasteiger partial charge in [0.1, 0.15) is 0 Å². The molecule has 0 aliphatic carbocycles. The van der Waals surface area contributed by atoms with Crippen LogP contribution < -0.4 is 22.2 Å². The van der Waals surface area contributed by atoms with Gasteiger partial charge in [-0.05, 0) is 12.8 Å². The fraction of sp³-hybridized carbons (Fsp3) is 0.500. The second-order valence-corrected chi connectivity index (χ2v) is 7.93. The van der Waals surface area contributed by atoms with Gasteiger partial charge in [-0.2, -0.15) is 0 Å². The van der Waals surface area contributed by atoms with Crippen LogP contribution in [0.2, 0.25) is 10.0 Å². The maximum absolute atomic E-state index is 12.9. The van der Waals surface area contributed by atoms with Crippen LogP contribution in [0.5, 0.6) is 0 Å². The zero-order valence-corrected chi connectivity index (χ0v) is 17.8. The Morgan fingerprint density at radius 3 is 1.69 bits per heavy atom. The second kappa shape index (κ2) is 8.42. The highest BCUT2D eigenvalue weighted by Crippen LogP contribution is 2.34. The summed E-state index contributed by atoms with van der Waals surface area (Å²) in [6.07, 6.45) is 3.85. The summed E-state index contributed by atoms with van der Waals surface area (Å²) in [5, 5.41) is 8.43. The van der Waals surface area contributed by atoms with Crippen LogP contribution in [0.1, 0.15) is 52.0 Å². The third kappa shape index (κ3) is 3.25. The molecule has 2 heterocycles. The minimum Gasteiger partial charge on any atom is -0.394 e. The van der Waals surface area contributed by atoms with Crippen molar-refractivity contribution < 1.29 is 5.11 Å². The molecule has 1 aromatic carbocycles. The molecular formula is C20H22Cl2N2O5. The van der Waals surface area contributed by atoms with Crippen molar-refractivity contribution in [2.75, 3.05) is 6.61 Å². The molecule has 0 amide bonds. The number of hydrogen-bond acceptors (Lipinski definition) is 5. The molecule has 0 spiro atoms. The van der Waals surface area contributed by atoms with Crippen molar-refractivity contribution in [2.45, 2.75) is 58.5 Å². The lowest BCUT2D eigenvalue weighted by atomic mass is 10.1. The fourth-order valence-corrected chi connectivity index (χ4v) is 4.51. The Morgan fingerprint density at radius 1 is 0.793 bits per heavy atom. The minimum absolute atomic E-state index is 0.129. The number of hydrogen-bond donors (Lipinski definition) is 1. The first-order chi connectivity index (χ1) is 13.8. The van der Waals surface area contributed by atoms with Crippen molar-refractivity contribution in [1.29, 1.82) is 0 Å². The monoisotopic (exact) mass is 440 g/mol. The van der Waals surface area contributed by atoms with E-state index in [1.54, 1.807) is 6.92 Å². The lowest BCUT2D eigenvalue weighted by Gasteiger charge is -2.10. The van der Waals surface area contributed by atoms with Gasteiger partial charge in [-0.1, -0.05) is 56.3 Å². The van der Waals surface area contributed by atoms with Gasteiger partial charge in [0.25, 0.3) is 22.2 Å². The Bertz CT molecular complexity index is 1190. The summed E-state index contributed by atoms with van der Waals surface area (Å²) >= 11 is 12.8. The van der Waals surface area contributed by atoms with Gasteiger partial charge in [0, 0.05) is 6.54 Å². The van der Waals surface area contributed by atoms with Crippen LogP contribution in [-0.4, -0.2) is 20.8 Å². The molecule has 7 nitrogen and oxygen atoms in total. The molecule has 0 saturated carbocycles. The van der Waals surface area contributed by atoms with Crippen LogP contribution in [0.4, 0.5) is 0 Å². The highest BCUT2D eigenvalue weighted by Gasteiger charge is 2.29. The molecule has 0 saturated heterocycles. The van der Waals surface area contributed by atoms with Crippen molar-refractivity contribution in [2.24, 2.45) is 0 Å². The highest BCUT2D eigenvalue weighted by molar-refractivity contribution is 6.47. The van der Waals surface area contributed by atoms with Gasteiger partial charge in [0.2, 0.25) is 0 Å². The summed E-state index contributed by atoms with van der Waals surface area (Å²) in [4.78, 5) is 51.5. The molecule has 0 radical (unpaired) electrons. The van der Waals surface area contributed by atoms with Crippen LogP contribution in [-0.2, 0) is 6.54 Å². The van der Waals surface area contributed by atoms with E-state index in [0.29, 0.717) is 12.8 Å². The first-order valence-corrected chi connectivity index (χ1v) is 10.5. The van der Waals surface area contributed by atoms with Gasteiger partial charge in [-0.15, -0.1) is 0 Å². The number of halogens is 2. The Balaban J connectivity index is 2.36. The van der Waals surface area contributed by atoms with Gasteiger partial charge >= 0.3 is 0 Å². The molecule has 1 unspecified atom stereocenters. The molecule has 0 bridgehead atoms. The number of rotatable bonds is 8. The van der Waals surface area contributed by atoms with E-state index in [-0.39, 0.29) is 38.1 Å². The minimum atomic E-state index is -0.745. The quantitative estimate of drug-likeness (QED) is 0.542. The van der Waals surface area contributed by atoms with Crippen molar-refractivity contribution in [3.05, 3.63) is 51.5 Å². The zero-order chi connectivity index (χ0) is 21.5. The summed E-state index contributed by atoms with van der Waals surface area (Å²) in [6.45, 7) is 3.58.